The van der Waals surface area contributed by atoms with Crippen molar-refractivity contribution in [3.8, 4) is 11.8 Å². The molecular formula is C23H23N3O. The van der Waals surface area contributed by atoms with Crippen LogP contribution in [-0.2, 0) is 0 Å². The summed E-state index contributed by atoms with van der Waals surface area (Å²) in [5.74, 6) is 0.840. The number of hydrogen-bond acceptors (Lipinski definition) is 4. The number of likely N-dealkylation sites (N-methyl/N-ethyl adjacent to an activating group) is 1. The number of ether oxygens (including phenoxy) is 1. The number of fused-ring (bicyclic) bond motifs is 2. The lowest BCUT2D eigenvalue weighted by Gasteiger charge is -2.34. The second-order valence-electron chi connectivity index (χ2n) is 7.11. The van der Waals surface area contributed by atoms with Crippen LogP contribution in [0.3, 0.4) is 0 Å². The minimum absolute atomic E-state index is 0.0628. The first-order valence-corrected chi connectivity index (χ1v) is 9.28. The van der Waals surface area contributed by atoms with E-state index in [0.717, 1.165) is 24.5 Å². The number of nitriles is 1. The highest BCUT2D eigenvalue weighted by atomic mass is 16.5. The van der Waals surface area contributed by atoms with E-state index in [2.05, 4.69) is 65.7 Å². The molecule has 2 atom stereocenters. The second kappa shape index (κ2) is 7.30. The van der Waals surface area contributed by atoms with Gasteiger partial charge in [-0.25, -0.2) is 0 Å². The average molecular weight is 357 g/mol. The van der Waals surface area contributed by atoms with Crippen LogP contribution in [0.1, 0.15) is 24.1 Å². The van der Waals surface area contributed by atoms with E-state index >= 15 is 0 Å². The summed E-state index contributed by atoms with van der Waals surface area (Å²) in [6.07, 6.45) is 0.0628. The van der Waals surface area contributed by atoms with Crippen molar-refractivity contribution in [1.29, 1.82) is 5.26 Å². The summed E-state index contributed by atoms with van der Waals surface area (Å²) < 4.78 is 6.16. The fraction of sp³-hybridized carbons (Fsp3) is 0.261. The van der Waals surface area contributed by atoms with E-state index < -0.39 is 0 Å². The van der Waals surface area contributed by atoms with Crippen molar-refractivity contribution in [2.75, 3.05) is 25.0 Å². The maximum absolute atomic E-state index is 9.09. The van der Waals surface area contributed by atoms with Crippen molar-refractivity contribution in [3.63, 3.8) is 0 Å². The van der Waals surface area contributed by atoms with Crippen LogP contribution in [0.4, 0.5) is 5.69 Å². The molecule has 1 aliphatic rings. The Bertz CT molecular complexity index is 1000. The molecule has 4 nitrogen and oxygen atoms in total. The molecule has 3 aromatic carbocycles. The van der Waals surface area contributed by atoms with Gasteiger partial charge in [-0.15, -0.1) is 0 Å². The van der Waals surface area contributed by atoms with Gasteiger partial charge in [0.25, 0.3) is 0 Å². The van der Waals surface area contributed by atoms with Crippen molar-refractivity contribution >= 4 is 16.5 Å². The molecule has 0 aliphatic carbocycles. The maximum Gasteiger partial charge on any atom is 0.143 e. The summed E-state index contributed by atoms with van der Waals surface area (Å²) in [6, 6.07) is 22.9. The molecule has 0 bridgehead atoms. The highest BCUT2D eigenvalue weighted by Crippen LogP contribution is 2.33. The van der Waals surface area contributed by atoms with Gasteiger partial charge in [0.1, 0.15) is 11.9 Å². The summed E-state index contributed by atoms with van der Waals surface area (Å²) in [4.78, 5) is 2.16. The van der Waals surface area contributed by atoms with Gasteiger partial charge in [0.15, 0.2) is 0 Å². The van der Waals surface area contributed by atoms with Crippen molar-refractivity contribution in [1.82, 2.24) is 5.32 Å². The SMILES string of the molecule is C[C@@H](NCC1CN(C)c2cc(C#N)ccc2O1)c1cccc2ccccc12. The third kappa shape index (κ3) is 3.47. The van der Waals surface area contributed by atoms with Crippen LogP contribution in [0.5, 0.6) is 5.75 Å². The van der Waals surface area contributed by atoms with Crippen LogP contribution in [0.2, 0.25) is 0 Å². The Labute approximate surface area is 160 Å². The standard InChI is InChI=1S/C23H23N3O/c1-16(20-9-5-7-18-6-3-4-8-21(18)20)25-14-19-15-26(2)22-12-17(13-24)10-11-23(22)27-19/h3-12,16,19,25H,14-15H2,1-2H3/t16-,19?/m1/s1. The van der Waals surface area contributed by atoms with Gasteiger partial charge in [0, 0.05) is 19.6 Å². The largest absolute Gasteiger partial charge is 0.485 e. The van der Waals surface area contributed by atoms with E-state index in [1.165, 1.54) is 16.3 Å². The third-order valence-electron chi connectivity index (χ3n) is 5.21. The number of rotatable bonds is 4. The van der Waals surface area contributed by atoms with Gasteiger partial charge in [-0.1, -0.05) is 42.5 Å². The number of nitrogens with zero attached hydrogens (tertiary/aromatic N) is 2. The molecule has 0 saturated heterocycles. The van der Waals surface area contributed by atoms with Crippen LogP contribution in [-0.4, -0.2) is 26.2 Å². The van der Waals surface area contributed by atoms with Gasteiger partial charge in [-0.05, 0) is 41.5 Å². The zero-order valence-electron chi connectivity index (χ0n) is 15.6. The van der Waals surface area contributed by atoms with Crippen molar-refractivity contribution in [2.24, 2.45) is 0 Å². The monoisotopic (exact) mass is 357 g/mol. The highest BCUT2D eigenvalue weighted by Gasteiger charge is 2.24. The lowest BCUT2D eigenvalue weighted by Crippen LogP contribution is -2.44. The molecule has 0 saturated carbocycles. The first-order chi connectivity index (χ1) is 13.2. The average Bonchev–Trinajstić information content (AvgIpc) is 2.71. The van der Waals surface area contributed by atoms with Crippen LogP contribution in [0.25, 0.3) is 10.8 Å². The predicted molar refractivity (Wildman–Crippen MR) is 109 cm³/mol. The second-order valence-corrected chi connectivity index (χ2v) is 7.11. The fourth-order valence-electron chi connectivity index (χ4n) is 3.76. The van der Waals surface area contributed by atoms with Gasteiger partial charge in [0.2, 0.25) is 0 Å². The molecular weight excluding hydrogens is 334 g/mol. The number of anilines is 1. The summed E-state index contributed by atoms with van der Waals surface area (Å²) in [5, 5.41) is 15.3. The van der Waals surface area contributed by atoms with E-state index in [4.69, 9.17) is 10.00 Å². The topological polar surface area (TPSA) is 48.3 Å². The smallest absolute Gasteiger partial charge is 0.143 e. The first kappa shape index (κ1) is 17.4. The molecule has 0 aromatic heterocycles. The van der Waals surface area contributed by atoms with E-state index in [9.17, 15) is 0 Å². The molecule has 1 aliphatic heterocycles. The van der Waals surface area contributed by atoms with Crippen molar-refractivity contribution < 1.29 is 4.74 Å². The minimum atomic E-state index is 0.0628. The molecule has 136 valence electrons. The van der Waals surface area contributed by atoms with Gasteiger partial charge in [-0.3, -0.25) is 0 Å². The third-order valence-corrected chi connectivity index (χ3v) is 5.21. The molecule has 3 aromatic rings. The Kier molecular flexibility index (Phi) is 4.70. The van der Waals surface area contributed by atoms with E-state index in [-0.39, 0.29) is 12.1 Å². The van der Waals surface area contributed by atoms with Crippen LogP contribution in [0, 0.1) is 11.3 Å². The normalized spacial score (nSPS) is 17.1. The molecule has 0 radical (unpaired) electrons. The number of benzene rings is 3. The summed E-state index contributed by atoms with van der Waals surface area (Å²) in [5.41, 5.74) is 2.94. The van der Waals surface area contributed by atoms with Gasteiger partial charge < -0.3 is 15.0 Å². The lowest BCUT2D eigenvalue weighted by atomic mass is 9.99. The van der Waals surface area contributed by atoms with Crippen LogP contribution >= 0.6 is 0 Å². The van der Waals surface area contributed by atoms with E-state index in [0.29, 0.717) is 5.56 Å². The molecule has 1 N–H and O–H groups in total. The zero-order chi connectivity index (χ0) is 18.8. The number of nitrogens with one attached hydrogen (secondary N) is 1. The molecule has 0 spiro atoms. The molecule has 0 fully saturated rings. The predicted octanol–water partition coefficient (Wildman–Crippen LogP) is 4.26. The summed E-state index contributed by atoms with van der Waals surface area (Å²) >= 11 is 0. The van der Waals surface area contributed by atoms with Crippen molar-refractivity contribution in [2.45, 2.75) is 19.1 Å². The summed E-state index contributed by atoms with van der Waals surface area (Å²) in [7, 11) is 2.05. The Morgan fingerprint density at radius 3 is 2.85 bits per heavy atom. The van der Waals surface area contributed by atoms with Gasteiger partial charge in [0.05, 0.1) is 23.9 Å². The van der Waals surface area contributed by atoms with E-state index in [1.807, 2.05) is 19.2 Å². The Morgan fingerprint density at radius 2 is 2.00 bits per heavy atom. The Morgan fingerprint density at radius 1 is 1.19 bits per heavy atom. The van der Waals surface area contributed by atoms with Gasteiger partial charge in [-0.2, -0.15) is 5.26 Å². The molecule has 4 rings (SSSR count). The maximum atomic E-state index is 9.09. The van der Waals surface area contributed by atoms with Crippen LogP contribution < -0.4 is 15.0 Å². The lowest BCUT2D eigenvalue weighted by molar-refractivity contribution is 0.188. The molecule has 0 amide bonds. The zero-order valence-corrected chi connectivity index (χ0v) is 15.6. The van der Waals surface area contributed by atoms with Crippen LogP contribution in [0.15, 0.2) is 60.7 Å². The number of hydrogen-bond donors (Lipinski definition) is 1. The van der Waals surface area contributed by atoms with E-state index in [1.54, 1.807) is 6.07 Å². The summed E-state index contributed by atoms with van der Waals surface area (Å²) in [6.45, 7) is 3.74. The molecule has 27 heavy (non-hydrogen) atoms. The first-order valence-electron chi connectivity index (χ1n) is 9.28. The fourth-order valence-corrected chi connectivity index (χ4v) is 3.76. The Balaban J connectivity index is 1.46. The quantitative estimate of drug-likeness (QED) is 0.758. The molecule has 1 heterocycles. The Hall–Kier alpha value is -3.03. The molecule has 4 heteroatoms. The molecule has 1 unspecified atom stereocenters. The van der Waals surface area contributed by atoms with Crippen molar-refractivity contribution in [3.05, 3.63) is 71.8 Å². The minimum Gasteiger partial charge on any atom is -0.485 e. The van der Waals surface area contributed by atoms with Gasteiger partial charge >= 0.3 is 0 Å². The highest BCUT2D eigenvalue weighted by molar-refractivity contribution is 5.86.